The number of allylic oxidation sites excluding steroid dienone is 2. The van der Waals surface area contributed by atoms with Crippen molar-refractivity contribution in [3.63, 3.8) is 0 Å². The molecule has 0 fully saturated rings. The second-order valence-corrected chi connectivity index (χ2v) is 6.27. The number of nitrogens with zero attached hydrogens (tertiary/aromatic N) is 4. The first-order valence-corrected chi connectivity index (χ1v) is 9.81. The quantitative estimate of drug-likeness (QED) is 0.480. The fourth-order valence-corrected chi connectivity index (χ4v) is 2.23. The van der Waals surface area contributed by atoms with Gasteiger partial charge in [-0.25, -0.2) is 19.9 Å². The van der Waals surface area contributed by atoms with E-state index in [1.165, 1.54) is 25.7 Å². The van der Waals surface area contributed by atoms with Crippen molar-refractivity contribution in [1.82, 2.24) is 19.9 Å². The van der Waals surface area contributed by atoms with Crippen LogP contribution in [-0.2, 0) is 0 Å². The van der Waals surface area contributed by atoms with Crippen LogP contribution in [-0.4, -0.2) is 19.9 Å². The van der Waals surface area contributed by atoms with Crippen molar-refractivity contribution in [3.8, 4) is 23.7 Å². The lowest BCUT2D eigenvalue weighted by Gasteiger charge is -1.93. The summed E-state index contributed by atoms with van der Waals surface area (Å²) in [7, 11) is 0. The van der Waals surface area contributed by atoms with E-state index in [-0.39, 0.29) is 0 Å². The van der Waals surface area contributed by atoms with Gasteiger partial charge in [-0.1, -0.05) is 63.8 Å². The topological polar surface area (TPSA) is 51.6 Å². The second-order valence-electron chi connectivity index (χ2n) is 6.27. The lowest BCUT2D eigenvalue weighted by atomic mass is 10.2. The van der Waals surface area contributed by atoms with Gasteiger partial charge in [-0.2, -0.15) is 0 Å². The van der Waals surface area contributed by atoms with Crippen LogP contribution in [0.4, 0.5) is 0 Å². The van der Waals surface area contributed by atoms with Gasteiger partial charge in [-0.05, 0) is 36.5 Å². The molecule has 28 heavy (non-hydrogen) atoms. The van der Waals surface area contributed by atoms with Crippen LogP contribution in [0.1, 0.15) is 75.1 Å². The third-order valence-corrected chi connectivity index (χ3v) is 3.82. The summed E-state index contributed by atoms with van der Waals surface area (Å²) in [4.78, 5) is 16.9. The molecule has 0 aliphatic carbocycles. The Morgan fingerprint density at radius 2 is 1.07 bits per heavy atom. The number of aromatic nitrogens is 4. The van der Waals surface area contributed by atoms with Gasteiger partial charge in [0.05, 0.1) is 0 Å². The summed E-state index contributed by atoms with van der Waals surface area (Å²) < 4.78 is 0. The molecule has 2 rings (SSSR count). The van der Waals surface area contributed by atoms with Crippen LogP contribution < -0.4 is 0 Å². The van der Waals surface area contributed by atoms with Crippen molar-refractivity contribution in [2.24, 2.45) is 0 Å². The number of hydrogen-bond donors (Lipinski definition) is 0. The van der Waals surface area contributed by atoms with E-state index in [2.05, 4.69) is 69.6 Å². The first-order valence-electron chi connectivity index (χ1n) is 9.81. The van der Waals surface area contributed by atoms with E-state index < -0.39 is 0 Å². The molecule has 2 heterocycles. The molecular formula is C24H26N4. The minimum Gasteiger partial charge on any atom is -0.229 e. The van der Waals surface area contributed by atoms with E-state index in [1.807, 2.05) is 12.2 Å². The Hall–Kier alpha value is -3.24. The molecule has 0 unspecified atom stereocenters. The molecule has 0 N–H and O–H groups in total. The van der Waals surface area contributed by atoms with E-state index in [0.29, 0.717) is 11.6 Å². The summed E-state index contributed by atoms with van der Waals surface area (Å²) in [6.07, 6.45) is 22.4. The highest BCUT2D eigenvalue weighted by molar-refractivity contribution is 5.48. The normalized spacial score (nSPS) is 10.5. The zero-order valence-corrected chi connectivity index (χ0v) is 16.7. The van der Waals surface area contributed by atoms with Gasteiger partial charge in [0.25, 0.3) is 0 Å². The van der Waals surface area contributed by atoms with Crippen molar-refractivity contribution < 1.29 is 0 Å². The molecule has 0 aromatic carbocycles. The van der Waals surface area contributed by atoms with E-state index in [9.17, 15) is 0 Å². The van der Waals surface area contributed by atoms with Gasteiger partial charge >= 0.3 is 0 Å². The third-order valence-electron chi connectivity index (χ3n) is 3.82. The summed E-state index contributed by atoms with van der Waals surface area (Å²) in [5, 5.41) is 0. The molecule has 4 heteroatoms. The maximum absolute atomic E-state index is 4.23. The van der Waals surface area contributed by atoms with Gasteiger partial charge in [0, 0.05) is 35.9 Å². The lowest BCUT2D eigenvalue weighted by Crippen LogP contribution is -1.89. The first-order chi connectivity index (χ1) is 13.8. The Labute approximate surface area is 168 Å². The number of hydrogen-bond acceptors (Lipinski definition) is 4. The zero-order valence-electron chi connectivity index (χ0n) is 16.7. The largest absolute Gasteiger partial charge is 0.229 e. The molecule has 0 spiro atoms. The lowest BCUT2D eigenvalue weighted by molar-refractivity contribution is 0.816. The summed E-state index contributed by atoms with van der Waals surface area (Å²) in [6.45, 7) is 4.36. The number of unbranched alkanes of at least 4 members (excludes halogenated alkanes) is 4. The maximum atomic E-state index is 4.23. The van der Waals surface area contributed by atoms with Crippen LogP contribution in [0.5, 0.6) is 0 Å². The number of rotatable bonds is 8. The predicted octanol–water partition coefficient (Wildman–Crippen LogP) is 5.08. The van der Waals surface area contributed by atoms with Crippen molar-refractivity contribution in [2.45, 2.75) is 52.4 Å². The molecule has 0 saturated carbocycles. The molecule has 0 amide bonds. The Morgan fingerprint density at radius 1 is 0.679 bits per heavy atom. The highest BCUT2D eigenvalue weighted by Gasteiger charge is 1.92. The van der Waals surface area contributed by atoms with Crippen LogP contribution >= 0.6 is 0 Å². The minimum atomic E-state index is 0.452. The first kappa shape index (κ1) is 21.1. The predicted molar refractivity (Wildman–Crippen MR) is 115 cm³/mol. The smallest absolute Gasteiger partial charge is 0.205 e. The van der Waals surface area contributed by atoms with Gasteiger partial charge in [0.1, 0.15) is 0 Å². The molecule has 142 valence electrons. The molecule has 0 saturated heterocycles. The molecule has 0 aliphatic heterocycles. The summed E-state index contributed by atoms with van der Waals surface area (Å²) in [5.74, 6) is 12.1. The highest BCUT2D eigenvalue weighted by atomic mass is 14.9. The third kappa shape index (κ3) is 8.43. The van der Waals surface area contributed by atoms with Crippen molar-refractivity contribution in [2.75, 3.05) is 0 Å². The van der Waals surface area contributed by atoms with Crippen molar-refractivity contribution >= 4 is 12.2 Å². The molecule has 2 aromatic heterocycles. The van der Waals surface area contributed by atoms with Gasteiger partial charge in [0.15, 0.2) is 0 Å². The summed E-state index contributed by atoms with van der Waals surface area (Å²) in [5.41, 5.74) is 1.95. The molecule has 0 atom stereocenters. The standard InChI is InChI=1S/C24H26N4/c1-3-5-7-9-13-21-17-25-23(26-18-21)15-11-12-16-24-27-19-22(20-28-24)14-10-8-6-4-2/h9-10,13-14,17-20H,3-8H2,1-2H3/b13-9+,14-10+. The SMILES string of the molecule is CCCC/C=C/c1cnc(C#CC#Cc2ncc(/C=C/CCCC)cn2)nc1. The average Bonchev–Trinajstić information content (AvgIpc) is 2.74. The Balaban J connectivity index is 1.88. The van der Waals surface area contributed by atoms with Gasteiger partial charge < -0.3 is 0 Å². The molecular weight excluding hydrogens is 344 g/mol. The van der Waals surface area contributed by atoms with Crippen molar-refractivity contribution in [1.29, 1.82) is 0 Å². The highest BCUT2D eigenvalue weighted by Crippen LogP contribution is 2.03. The van der Waals surface area contributed by atoms with Gasteiger partial charge in [-0.15, -0.1) is 0 Å². The van der Waals surface area contributed by atoms with Crippen LogP contribution in [0.3, 0.4) is 0 Å². The molecule has 0 bridgehead atoms. The minimum absolute atomic E-state index is 0.452. The summed E-state index contributed by atoms with van der Waals surface area (Å²) in [6, 6.07) is 0. The molecule has 2 aromatic rings. The van der Waals surface area contributed by atoms with Gasteiger partial charge in [-0.3, -0.25) is 0 Å². The van der Waals surface area contributed by atoms with E-state index in [1.54, 1.807) is 24.8 Å². The van der Waals surface area contributed by atoms with E-state index >= 15 is 0 Å². The van der Waals surface area contributed by atoms with E-state index in [4.69, 9.17) is 0 Å². The molecule has 4 nitrogen and oxygen atoms in total. The molecule has 0 radical (unpaired) electrons. The van der Waals surface area contributed by atoms with Crippen LogP contribution in [0.2, 0.25) is 0 Å². The molecule has 0 aliphatic rings. The average molecular weight is 371 g/mol. The Morgan fingerprint density at radius 3 is 1.43 bits per heavy atom. The van der Waals surface area contributed by atoms with Gasteiger partial charge in [0.2, 0.25) is 11.6 Å². The van der Waals surface area contributed by atoms with Crippen molar-refractivity contribution in [3.05, 3.63) is 59.7 Å². The maximum Gasteiger partial charge on any atom is 0.205 e. The Kier molecular flexibility index (Phi) is 9.79. The Bertz CT molecular complexity index is 809. The monoisotopic (exact) mass is 370 g/mol. The van der Waals surface area contributed by atoms with Crippen LogP contribution in [0, 0.1) is 23.7 Å². The summed E-state index contributed by atoms with van der Waals surface area (Å²) >= 11 is 0. The van der Waals surface area contributed by atoms with E-state index in [0.717, 1.165) is 24.0 Å². The van der Waals surface area contributed by atoms with Crippen LogP contribution in [0.25, 0.3) is 12.2 Å². The van der Waals surface area contributed by atoms with Crippen LogP contribution in [0.15, 0.2) is 36.9 Å². The fourth-order valence-electron chi connectivity index (χ4n) is 2.23. The second kappa shape index (κ2) is 13.0. The zero-order chi connectivity index (χ0) is 19.9. The fraction of sp³-hybridized carbons (Fsp3) is 0.333.